The van der Waals surface area contributed by atoms with Gasteiger partial charge in [0.15, 0.2) is 5.78 Å². The highest BCUT2D eigenvalue weighted by Gasteiger charge is 2.25. The maximum absolute atomic E-state index is 12.3. The van der Waals surface area contributed by atoms with Crippen molar-refractivity contribution < 1.29 is 4.79 Å². The van der Waals surface area contributed by atoms with Crippen LogP contribution in [0.1, 0.15) is 48.0 Å². The molecule has 0 unspecified atom stereocenters. The van der Waals surface area contributed by atoms with E-state index in [0.717, 1.165) is 29.5 Å². The molecular weight excluding hydrogens is 400 g/mol. The molecule has 0 radical (unpaired) electrons. The van der Waals surface area contributed by atoms with Crippen LogP contribution in [0.2, 0.25) is 0 Å². The van der Waals surface area contributed by atoms with Crippen molar-refractivity contribution in [3.8, 4) is 0 Å². The molecule has 1 fully saturated rings. The number of benzene rings is 2. The fourth-order valence-corrected chi connectivity index (χ4v) is 5.33. The largest absolute Gasteiger partial charge is 0.339 e. The van der Waals surface area contributed by atoms with E-state index in [9.17, 15) is 4.79 Å². The maximum Gasteiger partial charge on any atom is 0.163 e. The smallest absolute Gasteiger partial charge is 0.163 e. The van der Waals surface area contributed by atoms with Crippen LogP contribution in [-0.4, -0.2) is 34.9 Å². The van der Waals surface area contributed by atoms with E-state index >= 15 is 0 Å². The summed E-state index contributed by atoms with van der Waals surface area (Å²) >= 11 is 3.65. The van der Waals surface area contributed by atoms with Crippen molar-refractivity contribution in [2.75, 3.05) is 19.6 Å². The number of aryl methyl sites for hydroxylation is 1. The molecule has 3 aromatic rings. The Kier molecular flexibility index (Phi) is 4.57. The maximum atomic E-state index is 12.3. The summed E-state index contributed by atoms with van der Waals surface area (Å²) in [5.74, 6) is 0.298. The van der Waals surface area contributed by atoms with Gasteiger partial charge in [0.05, 0.1) is 0 Å². The Morgan fingerprint density at radius 3 is 2.48 bits per heavy atom. The van der Waals surface area contributed by atoms with Gasteiger partial charge in [-0.05, 0) is 68.2 Å². The molecule has 27 heavy (non-hydrogen) atoms. The second-order valence-electron chi connectivity index (χ2n) is 7.98. The minimum absolute atomic E-state index is 0.298. The SMILES string of the molecule is O=C1CCc2c1ccc1c2c2cc(Br)ccc2n1CCN1CCCCCC1. The van der Waals surface area contributed by atoms with Crippen LogP contribution in [0.4, 0.5) is 0 Å². The molecular formula is C23H25BrN2O. The van der Waals surface area contributed by atoms with Gasteiger partial charge >= 0.3 is 0 Å². The number of halogens is 1. The molecule has 3 nitrogen and oxygen atoms in total. The second-order valence-corrected chi connectivity index (χ2v) is 8.89. The van der Waals surface area contributed by atoms with Gasteiger partial charge in [-0.1, -0.05) is 28.8 Å². The molecule has 140 valence electrons. The zero-order chi connectivity index (χ0) is 18.4. The molecule has 1 aliphatic heterocycles. The number of rotatable bonds is 3. The minimum atomic E-state index is 0.298. The summed E-state index contributed by atoms with van der Waals surface area (Å²) in [5.41, 5.74) is 4.77. The van der Waals surface area contributed by atoms with Gasteiger partial charge in [-0.15, -0.1) is 0 Å². The third kappa shape index (κ3) is 3.03. The fraction of sp³-hybridized carbons (Fsp3) is 0.435. The third-order valence-electron chi connectivity index (χ3n) is 6.34. The lowest BCUT2D eigenvalue weighted by molar-refractivity contribution is 0.0994. The fourth-order valence-electron chi connectivity index (χ4n) is 4.97. The van der Waals surface area contributed by atoms with Gasteiger partial charge in [0.1, 0.15) is 0 Å². The van der Waals surface area contributed by atoms with E-state index in [1.54, 1.807) is 0 Å². The van der Waals surface area contributed by atoms with Crippen LogP contribution in [0.15, 0.2) is 34.8 Å². The Hall–Kier alpha value is -1.65. The number of nitrogens with zero attached hydrogens (tertiary/aromatic N) is 2. The number of hydrogen-bond acceptors (Lipinski definition) is 2. The molecule has 0 spiro atoms. The molecule has 4 heteroatoms. The standard InChI is InChI=1S/C23H25BrN2O/c24-16-5-8-20-19(15-16)23-18-7-10-22(27)17(18)6-9-21(23)26(20)14-13-25-11-3-1-2-4-12-25/h5-6,8-9,15H,1-4,7,10-14H2. The van der Waals surface area contributed by atoms with E-state index in [4.69, 9.17) is 0 Å². The van der Waals surface area contributed by atoms with Gasteiger partial charge in [-0.3, -0.25) is 4.79 Å². The Labute approximate surface area is 168 Å². The van der Waals surface area contributed by atoms with Gasteiger partial charge < -0.3 is 9.47 Å². The third-order valence-corrected chi connectivity index (χ3v) is 6.83. The molecule has 0 amide bonds. The van der Waals surface area contributed by atoms with Gasteiger partial charge in [0, 0.05) is 51.4 Å². The van der Waals surface area contributed by atoms with Crippen molar-refractivity contribution in [1.82, 2.24) is 9.47 Å². The molecule has 2 aliphatic rings. The highest BCUT2D eigenvalue weighted by atomic mass is 79.9. The van der Waals surface area contributed by atoms with E-state index < -0.39 is 0 Å². The summed E-state index contributed by atoms with van der Waals surface area (Å²) in [7, 11) is 0. The topological polar surface area (TPSA) is 25.2 Å². The number of carbonyl (C=O) groups is 1. The highest BCUT2D eigenvalue weighted by Crippen LogP contribution is 2.38. The number of hydrogen-bond donors (Lipinski definition) is 0. The molecule has 0 atom stereocenters. The lowest BCUT2D eigenvalue weighted by Gasteiger charge is -2.20. The van der Waals surface area contributed by atoms with Gasteiger partial charge in [0.25, 0.3) is 0 Å². The van der Waals surface area contributed by atoms with E-state index in [1.165, 1.54) is 66.1 Å². The van der Waals surface area contributed by atoms with Crippen LogP contribution < -0.4 is 0 Å². The molecule has 0 bridgehead atoms. The molecule has 2 aromatic carbocycles. The summed E-state index contributed by atoms with van der Waals surface area (Å²) in [6, 6.07) is 10.8. The van der Waals surface area contributed by atoms with Crippen molar-refractivity contribution in [3.63, 3.8) is 0 Å². The Morgan fingerprint density at radius 2 is 1.67 bits per heavy atom. The lowest BCUT2D eigenvalue weighted by atomic mass is 10.0. The first kappa shape index (κ1) is 17.4. The number of carbonyl (C=O) groups excluding carboxylic acids is 1. The molecule has 0 N–H and O–H groups in total. The van der Waals surface area contributed by atoms with E-state index in [-0.39, 0.29) is 0 Å². The number of ketones is 1. The van der Waals surface area contributed by atoms with Crippen molar-refractivity contribution in [2.45, 2.75) is 45.1 Å². The predicted molar refractivity (Wildman–Crippen MR) is 115 cm³/mol. The molecule has 1 aliphatic carbocycles. The van der Waals surface area contributed by atoms with Crippen molar-refractivity contribution in [1.29, 1.82) is 0 Å². The predicted octanol–water partition coefficient (Wildman–Crippen LogP) is 5.56. The van der Waals surface area contributed by atoms with Crippen LogP contribution in [0.3, 0.4) is 0 Å². The number of aromatic nitrogens is 1. The first-order chi connectivity index (χ1) is 13.2. The van der Waals surface area contributed by atoms with Gasteiger partial charge in [-0.25, -0.2) is 0 Å². The van der Waals surface area contributed by atoms with Crippen LogP contribution in [-0.2, 0) is 13.0 Å². The first-order valence-corrected chi connectivity index (χ1v) is 11.0. The van der Waals surface area contributed by atoms with Gasteiger partial charge in [0.2, 0.25) is 0 Å². The summed E-state index contributed by atoms with van der Waals surface area (Å²) in [6.07, 6.45) is 6.94. The van der Waals surface area contributed by atoms with Crippen LogP contribution in [0.25, 0.3) is 21.8 Å². The average molecular weight is 425 g/mol. The number of fused-ring (bicyclic) bond motifs is 5. The quantitative estimate of drug-likeness (QED) is 0.549. The van der Waals surface area contributed by atoms with Crippen molar-refractivity contribution in [2.24, 2.45) is 0 Å². The molecule has 5 rings (SSSR count). The Bertz CT molecular complexity index is 1030. The lowest BCUT2D eigenvalue weighted by Crippen LogP contribution is -2.28. The normalized spacial score (nSPS) is 18.3. The van der Waals surface area contributed by atoms with E-state index in [2.05, 4.69) is 55.7 Å². The molecule has 2 heterocycles. The average Bonchev–Trinajstić information content (AvgIpc) is 3.05. The summed E-state index contributed by atoms with van der Waals surface area (Å²) < 4.78 is 3.58. The molecule has 0 saturated carbocycles. The van der Waals surface area contributed by atoms with Crippen LogP contribution in [0, 0.1) is 0 Å². The van der Waals surface area contributed by atoms with E-state index in [0.29, 0.717) is 12.2 Å². The number of Topliss-reactive ketones (excluding diaryl/α,β-unsaturated/α-hetero) is 1. The zero-order valence-electron chi connectivity index (χ0n) is 15.6. The number of likely N-dealkylation sites (tertiary alicyclic amines) is 1. The molecule has 1 saturated heterocycles. The van der Waals surface area contributed by atoms with Crippen molar-refractivity contribution >= 4 is 43.5 Å². The summed E-state index contributed by atoms with van der Waals surface area (Å²) in [4.78, 5) is 14.9. The Balaban J connectivity index is 1.61. The van der Waals surface area contributed by atoms with E-state index in [1.807, 2.05) is 0 Å². The summed E-state index contributed by atoms with van der Waals surface area (Å²) in [5, 5.41) is 2.58. The molecule has 1 aromatic heterocycles. The van der Waals surface area contributed by atoms with Crippen LogP contribution in [0.5, 0.6) is 0 Å². The monoisotopic (exact) mass is 424 g/mol. The highest BCUT2D eigenvalue weighted by molar-refractivity contribution is 9.10. The Morgan fingerprint density at radius 1 is 0.889 bits per heavy atom. The van der Waals surface area contributed by atoms with Crippen LogP contribution >= 0.6 is 15.9 Å². The zero-order valence-corrected chi connectivity index (χ0v) is 17.2. The second kappa shape index (κ2) is 7.06. The summed E-state index contributed by atoms with van der Waals surface area (Å²) in [6.45, 7) is 4.57. The first-order valence-electron chi connectivity index (χ1n) is 10.2. The van der Waals surface area contributed by atoms with Crippen molar-refractivity contribution in [3.05, 3.63) is 45.9 Å². The van der Waals surface area contributed by atoms with Gasteiger partial charge in [-0.2, -0.15) is 0 Å². The minimum Gasteiger partial charge on any atom is -0.339 e.